The monoisotopic (exact) mass is 468 g/mol. The summed E-state index contributed by atoms with van der Waals surface area (Å²) in [6.07, 6.45) is 13.1. The number of benzene rings is 2. The molecular weight excluding hydrogens is 439 g/mol. The second kappa shape index (κ2) is 7.58. The molecule has 2 aliphatic carbocycles. The highest BCUT2D eigenvalue weighted by atomic mass is 127. The zero-order valence-electron chi connectivity index (χ0n) is 16.5. The molecule has 2 aromatic rings. The molecule has 1 heteroatoms. The summed E-state index contributed by atoms with van der Waals surface area (Å²) >= 11 is 2.43. The molecule has 0 aromatic heterocycles. The number of rotatable bonds is 5. The highest BCUT2D eigenvalue weighted by Gasteiger charge is 2.36. The lowest BCUT2D eigenvalue weighted by molar-refractivity contribution is 0.427. The van der Waals surface area contributed by atoms with Crippen LogP contribution in [0, 0.1) is 9.49 Å². The predicted molar refractivity (Wildman–Crippen MR) is 125 cm³/mol. The van der Waals surface area contributed by atoms with Gasteiger partial charge >= 0.3 is 0 Å². The third-order valence-electron chi connectivity index (χ3n) is 6.58. The molecule has 0 spiro atoms. The van der Waals surface area contributed by atoms with Gasteiger partial charge in [0.25, 0.3) is 0 Å². The van der Waals surface area contributed by atoms with Crippen LogP contribution in [0.15, 0.2) is 61.2 Å². The molecule has 2 aromatic carbocycles. The molecule has 27 heavy (non-hydrogen) atoms. The van der Waals surface area contributed by atoms with E-state index in [0.29, 0.717) is 11.8 Å². The Hall–Kier alpha value is -1.35. The zero-order chi connectivity index (χ0) is 19.0. The van der Waals surface area contributed by atoms with Crippen LogP contribution in [0.4, 0.5) is 0 Å². The minimum Gasteiger partial charge on any atom is -0.103 e. The lowest BCUT2D eigenvalue weighted by atomic mass is 9.75. The molecule has 0 radical (unpaired) electrons. The van der Waals surface area contributed by atoms with E-state index in [0.717, 1.165) is 6.42 Å². The first-order chi connectivity index (χ1) is 13.0. The first-order valence-electron chi connectivity index (χ1n) is 10.2. The maximum Gasteiger partial charge on any atom is 0.0159 e. The molecule has 0 heterocycles. The van der Waals surface area contributed by atoms with Gasteiger partial charge in [0.15, 0.2) is 0 Å². The van der Waals surface area contributed by atoms with Crippen LogP contribution in [0.3, 0.4) is 0 Å². The maximum absolute atomic E-state index is 3.97. The van der Waals surface area contributed by atoms with Gasteiger partial charge in [0.1, 0.15) is 0 Å². The summed E-state index contributed by atoms with van der Waals surface area (Å²) in [5.41, 5.74) is 7.41. The van der Waals surface area contributed by atoms with Crippen molar-refractivity contribution in [2.45, 2.75) is 57.3 Å². The van der Waals surface area contributed by atoms with Crippen molar-refractivity contribution in [1.29, 1.82) is 0 Å². The van der Waals surface area contributed by atoms with Crippen LogP contribution in [0.25, 0.3) is 11.1 Å². The second-order valence-electron chi connectivity index (χ2n) is 8.62. The Bertz CT molecular complexity index is 887. The number of halogens is 1. The Balaban J connectivity index is 1.77. The van der Waals surface area contributed by atoms with E-state index >= 15 is 0 Å². The lowest BCUT2D eigenvalue weighted by Crippen LogP contribution is -2.17. The normalized spacial score (nSPS) is 20.8. The van der Waals surface area contributed by atoms with Crippen LogP contribution in [-0.2, 0) is 5.41 Å². The summed E-state index contributed by atoms with van der Waals surface area (Å²) in [6, 6.07) is 14.2. The van der Waals surface area contributed by atoms with Gasteiger partial charge in [0.2, 0.25) is 0 Å². The summed E-state index contributed by atoms with van der Waals surface area (Å²) in [6.45, 7) is 8.74. The Labute approximate surface area is 177 Å². The van der Waals surface area contributed by atoms with Crippen LogP contribution >= 0.6 is 22.6 Å². The summed E-state index contributed by atoms with van der Waals surface area (Å²) in [7, 11) is 0. The van der Waals surface area contributed by atoms with Gasteiger partial charge in [-0.3, -0.25) is 0 Å². The van der Waals surface area contributed by atoms with Gasteiger partial charge in [-0.25, -0.2) is 0 Å². The molecule has 0 nitrogen and oxygen atoms in total. The number of hydrogen-bond donors (Lipinski definition) is 0. The highest BCUT2D eigenvalue weighted by molar-refractivity contribution is 14.1. The predicted octanol–water partition coefficient (Wildman–Crippen LogP) is 8.00. The Morgan fingerprint density at radius 1 is 1.15 bits per heavy atom. The fourth-order valence-electron chi connectivity index (χ4n) is 5.06. The van der Waals surface area contributed by atoms with Crippen molar-refractivity contribution in [3.8, 4) is 11.1 Å². The highest BCUT2D eigenvalue weighted by Crippen LogP contribution is 2.50. The molecule has 4 rings (SSSR count). The van der Waals surface area contributed by atoms with Gasteiger partial charge < -0.3 is 0 Å². The fraction of sp³-hybridized carbons (Fsp3) is 0.385. The molecule has 2 aliphatic rings. The zero-order valence-corrected chi connectivity index (χ0v) is 18.6. The van der Waals surface area contributed by atoms with Crippen molar-refractivity contribution in [2.75, 3.05) is 0 Å². The van der Waals surface area contributed by atoms with Crippen molar-refractivity contribution >= 4 is 22.6 Å². The second-order valence-corrected chi connectivity index (χ2v) is 9.86. The van der Waals surface area contributed by atoms with Crippen molar-refractivity contribution in [2.24, 2.45) is 5.92 Å². The number of fused-ring (bicyclic) bond motifs is 3. The van der Waals surface area contributed by atoms with Crippen LogP contribution in [0.2, 0.25) is 0 Å². The van der Waals surface area contributed by atoms with Gasteiger partial charge in [0, 0.05) is 8.99 Å². The molecule has 140 valence electrons. The lowest BCUT2D eigenvalue weighted by Gasteiger charge is -2.29. The van der Waals surface area contributed by atoms with E-state index in [2.05, 4.69) is 97.6 Å². The first-order valence-corrected chi connectivity index (χ1v) is 11.3. The fourth-order valence-corrected chi connectivity index (χ4v) is 5.55. The molecule has 2 atom stereocenters. The van der Waals surface area contributed by atoms with Gasteiger partial charge in [-0.1, -0.05) is 56.3 Å². The Morgan fingerprint density at radius 3 is 2.59 bits per heavy atom. The van der Waals surface area contributed by atoms with Crippen LogP contribution in [0.5, 0.6) is 0 Å². The molecule has 0 N–H and O–H groups in total. The van der Waals surface area contributed by atoms with E-state index in [1.807, 2.05) is 0 Å². The molecule has 0 fully saturated rings. The minimum absolute atomic E-state index is 0.0766. The average molecular weight is 468 g/mol. The molecule has 0 amide bonds. The Morgan fingerprint density at radius 2 is 1.89 bits per heavy atom. The van der Waals surface area contributed by atoms with Crippen LogP contribution in [0.1, 0.15) is 68.6 Å². The van der Waals surface area contributed by atoms with E-state index in [9.17, 15) is 0 Å². The van der Waals surface area contributed by atoms with Gasteiger partial charge in [-0.15, -0.1) is 6.58 Å². The smallest absolute Gasteiger partial charge is 0.0159 e. The van der Waals surface area contributed by atoms with Gasteiger partial charge in [-0.2, -0.15) is 0 Å². The molecule has 0 saturated heterocycles. The third kappa shape index (κ3) is 3.44. The van der Waals surface area contributed by atoms with E-state index in [1.54, 1.807) is 0 Å². The summed E-state index contributed by atoms with van der Waals surface area (Å²) in [5, 5.41) is 0. The van der Waals surface area contributed by atoms with Gasteiger partial charge in [-0.05, 0) is 106 Å². The molecular formula is C26H29I. The third-order valence-corrected chi connectivity index (χ3v) is 7.25. The molecule has 0 aliphatic heterocycles. The van der Waals surface area contributed by atoms with Crippen LogP contribution in [-0.4, -0.2) is 0 Å². The summed E-state index contributed by atoms with van der Waals surface area (Å²) in [5.74, 6) is 1.27. The van der Waals surface area contributed by atoms with Crippen molar-refractivity contribution in [3.63, 3.8) is 0 Å². The molecule has 0 saturated carbocycles. The standard InChI is InChI=1S/C26H29I/c1-4-5-11-21(18-9-7-6-8-10-18)19-12-14-22-23-15-13-20(27)17-25(23)26(2,3)24(22)16-19/h4,7,9,12-18,21H,1,5-6,8,10-11H2,2-3H3. The van der Waals surface area contributed by atoms with E-state index in [4.69, 9.17) is 0 Å². The van der Waals surface area contributed by atoms with E-state index in [1.165, 1.54) is 57.1 Å². The topological polar surface area (TPSA) is 0 Å². The van der Waals surface area contributed by atoms with Crippen molar-refractivity contribution in [1.82, 2.24) is 0 Å². The first kappa shape index (κ1) is 19.0. The largest absolute Gasteiger partial charge is 0.103 e. The summed E-state index contributed by atoms with van der Waals surface area (Å²) in [4.78, 5) is 0. The quantitative estimate of drug-likeness (QED) is 0.308. The Kier molecular flexibility index (Phi) is 5.33. The van der Waals surface area contributed by atoms with Gasteiger partial charge in [0.05, 0.1) is 0 Å². The SMILES string of the molecule is C=CCCC(c1ccc2c(c1)C(C)(C)c1cc(I)ccc1-2)C1C=CCCC1. The summed E-state index contributed by atoms with van der Waals surface area (Å²) < 4.78 is 1.32. The average Bonchev–Trinajstić information content (AvgIpc) is 2.90. The van der Waals surface area contributed by atoms with E-state index in [-0.39, 0.29) is 5.41 Å². The van der Waals surface area contributed by atoms with E-state index < -0.39 is 0 Å². The van der Waals surface area contributed by atoms with Crippen molar-refractivity contribution in [3.05, 3.63) is 81.5 Å². The molecule has 0 bridgehead atoms. The maximum atomic E-state index is 3.97. The van der Waals surface area contributed by atoms with Crippen LogP contribution < -0.4 is 0 Å². The number of allylic oxidation sites excluding steroid dienone is 3. The minimum atomic E-state index is 0.0766. The van der Waals surface area contributed by atoms with Crippen molar-refractivity contribution < 1.29 is 0 Å². The number of hydrogen-bond acceptors (Lipinski definition) is 0. The molecule has 2 unspecified atom stereocenters.